The van der Waals surface area contributed by atoms with E-state index in [2.05, 4.69) is 33.3 Å². The average Bonchev–Trinajstić information content (AvgIpc) is 2.78. The second kappa shape index (κ2) is 3.45. The van der Waals surface area contributed by atoms with Crippen LogP contribution in [0.3, 0.4) is 0 Å². The first kappa shape index (κ1) is 10.1. The maximum Gasteiger partial charge on any atom is 0.104 e. The Morgan fingerprint density at radius 2 is 2.00 bits per heavy atom. The molecule has 17 heavy (non-hydrogen) atoms. The molecule has 2 aromatic heterocycles. The predicted octanol–water partition coefficient (Wildman–Crippen LogP) is 2.58. The molecule has 2 heterocycles. The Morgan fingerprint density at radius 3 is 2.71 bits per heavy atom. The molecule has 0 saturated carbocycles. The van der Waals surface area contributed by atoms with Crippen LogP contribution in [0.2, 0.25) is 0 Å². The van der Waals surface area contributed by atoms with E-state index in [0.717, 1.165) is 33.8 Å². The number of aromatic amines is 1. The monoisotopic (exact) mass is 226 g/mol. The molecule has 0 aliphatic heterocycles. The van der Waals surface area contributed by atoms with E-state index in [4.69, 9.17) is 0 Å². The lowest BCUT2D eigenvalue weighted by Crippen LogP contribution is -1.93. The Labute approximate surface area is 99.3 Å². The van der Waals surface area contributed by atoms with E-state index in [1.807, 2.05) is 31.6 Å². The van der Waals surface area contributed by atoms with E-state index in [9.17, 15) is 0 Å². The number of rotatable bonds is 1. The lowest BCUT2D eigenvalue weighted by molar-refractivity contribution is 0.764. The summed E-state index contributed by atoms with van der Waals surface area (Å²) in [5.41, 5.74) is 5.38. The lowest BCUT2D eigenvalue weighted by atomic mass is 10.1. The molecule has 0 spiro atoms. The number of aromatic nitrogens is 4. The van der Waals surface area contributed by atoms with E-state index >= 15 is 0 Å². The number of aryl methyl sites for hydroxylation is 3. The third kappa shape index (κ3) is 1.62. The maximum atomic E-state index is 4.40. The first-order chi connectivity index (χ1) is 8.13. The van der Waals surface area contributed by atoms with Crippen molar-refractivity contribution in [2.75, 3.05) is 0 Å². The largest absolute Gasteiger partial charge is 0.342 e. The van der Waals surface area contributed by atoms with Crippen molar-refractivity contribution >= 4 is 11.0 Å². The van der Waals surface area contributed by atoms with Gasteiger partial charge in [0.05, 0.1) is 22.4 Å². The van der Waals surface area contributed by atoms with Gasteiger partial charge in [0.1, 0.15) is 5.82 Å². The lowest BCUT2D eigenvalue weighted by Gasteiger charge is -2.01. The summed E-state index contributed by atoms with van der Waals surface area (Å²) < 4.78 is 1.90. The minimum absolute atomic E-state index is 0.943. The summed E-state index contributed by atoms with van der Waals surface area (Å²) >= 11 is 0. The van der Waals surface area contributed by atoms with Crippen LogP contribution in [0.15, 0.2) is 24.3 Å². The van der Waals surface area contributed by atoms with E-state index in [1.165, 1.54) is 0 Å². The van der Waals surface area contributed by atoms with Crippen molar-refractivity contribution in [1.82, 2.24) is 19.7 Å². The van der Waals surface area contributed by atoms with Gasteiger partial charge in [0.15, 0.2) is 0 Å². The van der Waals surface area contributed by atoms with Gasteiger partial charge in [-0.1, -0.05) is 6.07 Å². The summed E-state index contributed by atoms with van der Waals surface area (Å²) in [5, 5.41) is 4.36. The Kier molecular flexibility index (Phi) is 2.04. The normalized spacial score (nSPS) is 11.2. The predicted molar refractivity (Wildman–Crippen MR) is 67.8 cm³/mol. The molecular formula is C13H14N4. The highest BCUT2D eigenvalue weighted by molar-refractivity contribution is 5.81. The molecule has 0 fully saturated rings. The molecule has 0 saturated heterocycles. The van der Waals surface area contributed by atoms with Crippen molar-refractivity contribution in [2.45, 2.75) is 13.8 Å². The van der Waals surface area contributed by atoms with E-state index in [-0.39, 0.29) is 0 Å². The molecule has 0 radical (unpaired) electrons. The fourth-order valence-electron chi connectivity index (χ4n) is 2.18. The molecule has 1 aromatic carbocycles. The first-order valence-corrected chi connectivity index (χ1v) is 5.61. The van der Waals surface area contributed by atoms with Crippen molar-refractivity contribution in [3.8, 4) is 11.3 Å². The number of hydrogen-bond donors (Lipinski definition) is 1. The van der Waals surface area contributed by atoms with Crippen LogP contribution in [0, 0.1) is 13.8 Å². The summed E-state index contributed by atoms with van der Waals surface area (Å²) in [5.74, 6) is 0.943. The molecule has 0 bridgehead atoms. The van der Waals surface area contributed by atoms with E-state index in [0.29, 0.717) is 0 Å². The average molecular weight is 226 g/mol. The van der Waals surface area contributed by atoms with Gasteiger partial charge in [0.25, 0.3) is 0 Å². The molecular weight excluding hydrogens is 212 g/mol. The zero-order valence-electron chi connectivity index (χ0n) is 10.2. The summed E-state index contributed by atoms with van der Waals surface area (Å²) in [6.07, 6.45) is 0. The van der Waals surface area contributed by atoms with Crippen molar-refractivity contribution < 1.29 is 0 Å². The van der Waals surface area contributed by atoms with Gasteiger partial charge < -0.3 is 4.98 Å². The molecule has 3 aromatic rings. The summed E-state index contributed by atoms with van der Waals surface area (Å²) in [6, 6.07) is 8.33. The Morgan fingerprint density at radius 1 is 1.18 bits per heavy atom. The third-order valence-corrected chi connectivity index (χ3v) is 2.90. The summed E-state index contributed by atoms with van der Waals surface area (Å²) in [7, 11) is 1.96. The van der Waals surface area contributed by atoms with Crippen LogP contribution in [0.1, 0.15) is 11.5 Å². The number of H-pyrrole nitrogens is 1. The minimum atomic E-state index is 0.943. The van der Waals surface area contributed by atoms with Crippen LogP contribution in [0.25, 0.3) is 22.3 Å². The van der Waals surface area contributed by atoms with Gasteiger partial charge in [-0.3, -0.25) is 4.68 Å². The number of benzene rings is 1. The molecule has 4 heteroatoms. The van der Waals surface area contributed by atoms with Gasteiger partial charge in [-0.05, 0) is 32.0 Å². The van der Waals surface area contributed by atoms with Crippen molar-refractivity contribution in [3.05, 3.63) is 35.8 Å². The number of imidazole rings is 1. The van der Waals surface area contributed by atoms with Crippen LogP contribution < -0.4 is 0 Å². The second-order valence-electron chi connectivity index (χ2n) is 4.35. The van der Waals surface area contributed by atoms with Crippen LogP contribution in [0.5, 0.6) is 0 Å². The highest BCUT2D eigenvalue weighted by Gasteiger charge is 2.07. The van der Waals surface area contributed by atoms with Gasteiger partial charge in [0.2, 0.25) is 0 Å². The molecule has 0 aliphatic rings. The molecule has 86 valence electrons. The second-order valence-corrected chi connectivity index (χ2v) is 4.35. The Balaban J connectivity index is 2.20. The summed E-state index contributed by atoms with van der Waals surface area (Å²) in [6.45, 7) is 3.97. The quantitative estimate of drug-likeness (QED) is 0.693. The third-order valence-electron chi connectivity index (χ3n) is 2.90. The smallest absolute Gasteiger partial charge is 0.104 e. The zero-order valence-corrected chi connectivity index (χ0v) is 10.2. The fraction of sp³-hybridized carbons (Fsp3) is 0.231. The van der Waals surface area contributed by atoms with E-state index < -0.39 is 0 Å². The molecule has 0 amide bonds. The number of nitrogens with one attached hydrogen (secondary N) is 1. The van der Waals surface area contributed by atoms with Crippen molar-refractivity contribution in [2.24, 2.45) is 7.05 Å². The van der Waals surface area contributed by atoms with Gasteiger partial charge in [-0.15, -0.1) is 0 Å². The fourth-order valence-corrected chi connectivity index (χ4v) is 2.18. The van der Waals surface area contributed by atoms with Crippen LogP contribution in [0.4, 0.5) is 0 Å². The number of hydrogen-bond acceptors (Lipinski definition) is 2. The summed E-state index contributed by atoms with van der Waals surface area (Å²) in [4.78, 5) is 7.65. The number of fused-ring (bicyclic) bond motifs is 1. The van der Waals surface area contributed by atoms with Gasteiger partial charge >= 0.3 is 0 Å². The molecule has 0 atom stereocenters. The SMILES string of the molecule is Cc1cc(-c2ccc3nc(C)[nH]c3c2)n(C)n1. The van der Waals surface area contributed by atoms with Crippen LogP contribution in [-0.2, 0) is 7.05 Å². The first-order valence-electron chi connectivity index (χ1n) is 5.61. The topological polar surface area (TPSA) is 46.5 Å². The van der Waals surface area contributed by atoms with E-state index in [1.54, 1.807) is 0 Å². The van der Waals surface area contributed by atoms with Crippen molar-refractivity contribution in [1.29, 1.82) is 0 Å². The molecule has 0 unspecified atom stereocenters. The van der Waals surface area contributed by atoms with Crippen molar-refractivity contribution in [3.63, 3.8) is 0 Å². The molecule has 3 rings (SSSR count). The Bertz CT molecular complexity index is 691. The van der Waals surface area contributed by atoms with Gasteiger partial charge in [-0.25, -0.2) is 4.98 Å². The zero-order chi connectivity index (χ0) is 12.0. The standard InChI is InChI=1S/C13H14N4/c1-8-6-13(17(3)16-8)10-4-5-11-12(7-10)15-9(2)14-11/h4-7H,1-3H3,(H,14,15). The minimum Gasteiger partial charge on any atom is -0.342 e. The highest BCUT2D eigenvalue weighted by Crippen LogP contribution is 2.23. The van der Waals surface area contributed by atoms with Gasteiger partial charge in [0, 0.05) is 12.6 Å². The highest BCUT2D eigenvalue weighted by atomic mass is 15.3. The molecule has 0 aliphatic carbocycles. The van der Waals surface area contributed by atoms with Crippen LogP contribution in [-0.4, -0.2) is 19.7 Å². The number of nitrogens with zero attached hydrogens (tertiary/aromatic N) is 3. The van der Waals surface area contributed by atoms with Gasteiger partial charge in [-0.2, -0.15) is 5.10 Å². The Hall–Kier alpha value is -2.10. The maximum absolute atomic E-state index is 4.40. The molecule has 4 nitrogen and oxygen atoms in total. The van der Waals surface area contributed by atoms with Crippen LogP contribution >= 0.6 is 0 Å². The molecule has 1 N–H and O–H groups in total.